The minimum atomic E-state index is -4.42. The maximum absolute atomic E-state index is 9.45. The van der Waals surface area contributed by atoms with E-state index >= 15 is 0 Å². The van der Waals surface area contributed by atoms with Crippen LogP contribution in [0.3, 0.4) is 0 Å². The molecule has 70 valence electrons. The first-order chi connectivity index (χ1) is 5.56. The third-order valence-electron chi connectivity index (χ3n) is 0.641. The second kappa shape index (κ2) is 5.70. The van der Waals surface area contributed by atoms with Gasteiger partial charge in [-0.05, 0) is 6.92 Å². The van der Waals surface area contributed by atoms with Gasteiger partial charge in [-0.15, -0.1) is 0 Å². The lowest BCUT2D eigenvalue weighted by Crippen LogP contribution is -2.02. The van der Waals surface area contributed by atoms with Gasteiger partial charge in [0.15, 0.2) is 6.26 Å². The predicted octanol–water partition coefficient (Wildman–Crippen LogP) is -0.423. The molecule has 1 heterocycles. The Labute approximate surface area is 70.1 Å². The highest BCUT2D eigenvalue weighted by Crippen LogP contribution is 1.80. The fourth-order valence-corrected chi connectivity index (χ4v) is 0.629. The van der Waals surface area contributed by atoms with Gasteiger partial charge in [-0.3, -0.25) is 4.18 Å². The summed E-state index contributed by atoms with van der Waals surface area (Å²) in [5, 5.41) is 0. The molecular formula is C5H9NO5S. The average Bonchev–Trinajstić information content (AvgIpc) is 2.38. The molecule has 0 saturated heterocycles. The van der Waals surface area contributed by atoms with Crippen molar-refractivity contribution in [2.75, 3.05) is 6.61 Å². The summed E-state index contributed by atoms with van der Waals surface area (Å²) in [5.41, 5.74) is 0. The number of oxazole rings is 1. The number of aromatic nitrogens is 1. The number of nitrogens with one attached hydrogen (secondary N) is 1. The zero-order valence-corrected chi connectivity index (χ0v) is 7.21. The van der Waals surface area contributed by atoms with E-state index in [2.05, 4.69) is 13.6 Å². The highest BCUT2D eigenvalue weighted by molar-refractivity contribution is 7.80. The lowest BCUT2D eigenvalue weighted by molar-refractivity contribution is -0.383. The zero-order chi connectivity index (χ0) is 9.45. The van der Waals surface area contributed by atoms with Crippen LogP contribution >= 0.6 is 0 Å². The van der Waals surface area contributed by atoms with Gasteiger partial charge in [-0.25, -0.2) is 8.42 Å². The van der Waals surface area contributed by atoms with Crippen molar-refractivity contribution in [3.05, 3.63) is 18.9 Å². The molecule has 0 spiro atoms. The molecule has 0 amide bonds. The van der Waals surface area contributed by atoms with Crippen molar-refractivity contribution in [1.29, 1.82) is 0 Å². The van der Waals surface area contributed by atoms with E-state index < -0.39 is 10.4 Å². The van der Waals surface area contributed by atoms with Gasteiger partial charge in [0.25, 0.3) is 0 Å². The molecule has 6 nitrogen and oxygen atoms in total. The highest BCUT2D eigenvalue weighted by Gasteiger charge is 1.85. The first-order valence-corrected chi connectivity index (χ1v) is 4.38. The number of H-pyrrole nitrogens is 1. The molecule has 0 fully saturated rings. The van der Waals surface area contributed by atoms with Crippen LogP contribution in [0.5, 0.6) is 0 Å². The molecule has 0 aliphatic heterocycles. The fraction of sp³-hybridized carbons (Fsp3) is 0.400. The Morgan fingerprint density at radius 2 is 2.33 bits per heavy atom. The molecule has 1 rings (SSSR count). The summed E-state index contributed by atoms with van der Waals surface area (Å²) in [7, 11) is -4.42. The topological polar surface area (TPSA) is 93.7 Å². The first-order valence-electron chi connectivity index (χ1n) is 3.04. The van der Waals surface area contributed by atoms with Gasteiger partial charge in [0.2, 0.25) is 16.6 Å². The zero-order valence-electron chi connectivity index (χ0n) is 6.39. The normalized spacial score (nSPS) is 10.2. The summed E-state index contributed by atoms with van der Waals surface area (Å²) in [6, 6.07) is 0. The number of hydrogen-bond donors (Lipinski definition) is 0. The molecular weight excluding hydrogens is 186 g/mol. The van der Waals surface area contributed by atoms with Gasteiger partial charge in [0.1, 0.15) is 0 Å². The van der Waals surface area contributed by atoms with Crippen LogP contribution in [0.2, 0.25) is 0 Å². The highest BCUT2D eigenvalue weighted by atomic mass is 32.3. The van der Waals surface area contributed by atoms with E-state index in [1.807, 2.05) is 0 Å². The van der Waals surface area contributed by atoms with Gasteiger partial charge in [-0.1, -0.05) is 0 Å². The van der Waals surface area contributed by atoms with Gasteiger partial charge in [0, 0.05) is 0 Å². The Morgan fingerprint density at radius 3 is 2.42 bits per heavy atom. The average molecular weight is 195 g/mol. The lowest BCUT2D eigenvalue weighted by Gasteiger charge is -2.02. The molecule has 0 unspecified atom stereocenters. The van der Waals surface area contributed by atoms with E-state index in [1.165, 1.54) is 13.3 Å². The molecule has 1 aromatic heterocycles. The van der Waals surface area contributed by atoms with Gasteiger partial charge in [0.05, 0.1) is 6.61 Å². The quantitative estimate of drug-likeness (QED) is 0.471. The molecule has 0 aliphatic rings. The molecule has 12 heavy (non-hydrogen) atoms. The summed E-state index contributed by atoms with van der Waals surface area (Å²) in [6.07, 6.45) is 4.78. The van der Waals surface area contributed by atoms with Crippen LogP contribution in [0.4, 0.5) is 0 Å². The van der Waals surface area contributed by atoms with Crippen molar-refractivity contribution in [1.82, 2.24) is 0 Å². The number of rotatable bonds is 2. The van der Waals surface area contributed by atoms with Crippen molar-refractivity contribution in [2.24, 2.45) is 0 Å². The maximum Gasteiger partial charge on any atom is 0.332 e. The second-order valence-corrected chi connectivity index (χ2v) is 2.59. The van der Waals surface area contributed by atoms with Crippen molar-refractivity contribution < 1.29 is 26.6 Å². The summed E-state index contributed by atoms with van der Waals surface area (Å²) >= 11 is 0. The van der Waals surface area contributed by atoms with Crippen LogP contribution < -0.4 is 4.98 Å². The third-order valence-corrected chi connectivity index (χ3v) is 1.17. The maximum atomic E-state index is 9.45. The van der Waals surface area contributed by atoms with Gasteiger partial charge < -0.3 is 8.97 Å². The lowest BCUT2D eigenvalue weighted by atomic mass is 10.9. The Kier molecular flexibility index (Phi) is 5.26. The molecule has 0 aliphatic carbocycles. The van der Waals surface area contributed by atoms with Crippen molar-refractivity contribution >= 4 is 10.4 Å². The molecule has 0 saturated carbocycles. The molecule has 7 heteroatoms. The molecule has 1 N–H and O–H groups in total. The Bertz CT molecular complexity index is 249. The summed E-state index contributed by atoms with van der Waals surface area (Å²) < 4.78 is 36.5. The molecule has 1 aromatic rings. The van der Waals surface area contributed by atoms with Crippen LogP contribution in [0.25, 0.3) is 0 Å². The number of aromatic amines is 1. The van der Waals surface area contributed by atoms with Crippen LogP contribution in [-0.2, 0) is 14.6 Å². The Morgan fingerprint density at radius 1 is 1.67 bits per heavy atom. The van der Waals surface area contributed by atoms with Crippen LogP contribution in [0, 0.1) is 0 Å². The Hall–Kier alpha value is -0.920. The Balaban J connectivity index is 0.000000211. The van der Waals surface area contributed by atoms with Gasteiger partial charge in [-0.2, -0.15) is 4.98 Å². The summed E-state index contributed by atoms with van der Waals surface area (Å²) in [5.74, 6) is 0. The minimum Gasteiger partial charge on any atom is -0.726 e. The van der Waals surface area contributed by atoms with Crippen molar-refractivity contribution in [3.8, 4) is 0 Å². The fourth-order valence-electron chi connectivity index (χ4n) is 0.341. The standard InChI is InChI=1S/C3H3NO.C2H6O4S/c1-2-5-3-4-1;1-2-6-7(3,4)5/h1-3H;2H2,1H3,(H,3,4,5). The van der Waals surface area contributed by atoms with Crippen LogP contribution in [0.1, 0.15) is 6.92 Å². The van der Waals surface area contributed by atoms with Crippen molar-refractivity contribution in [2.45, 2.75) is 6.92 Å². The van der Waals surface area contributed by atoms with Crippen LogP contribution in [-0.4, -0.2) is 19.6 Å². The summed E-state index contributed by atoms with van der Waals surface area (Å²) in [4.78, 5) is 2.69. The second-order valence-electron chi connectivity index (χ2n) is 1.54. The van der Waals surface area contributed by atoms with E-state index in [4.69, 9.17) is 0 Å². The molecule has 0 aromatic carbocycles. The largest absolute Gasteiger partial charge is 0.726 e. The minimum absolute atomic E-state index is 0.0914. The van der Waals surface area contributed by atoms with E-state index in [0.717, 1.165) is 0 Å². The molecule has 0 bridgehead atoms. The smallest absolute Gasteiger partial charge is 0.332 e. The van der Waals surface area contributed by atoms with E-state index in [1.54, 1.807) is 12.5 Å². The van der Waals surface area contributed by atoms with E-state index in [9.17, 15) is 13.0 Å². The SMILES string of the molecule is CCOS(=O)(=O)[O-].c1coc[nH+]1. The number of hydrogen-bond acceptors (Lipinski definition) is 5. The summed E-state index contributed by atoms with van der Waals surface area (Å²) in [6.45, 7) is 1.33. The van der Waals surface area contributed by atoms with E-state index in [0.29, 0.717) is 0 Å². The van der Waals surface area contributed by atoms with E-state index in [-0.39, 0.29) is 6.61 Å². The van der Waals surface area contributed by atoms with Gasteiger partial charge >= 0.3 is 6.39 Å². The molecule has 0 atom stereocenters. The van der Waals surface area contributed by atoms with Crippen molar-refractivity contribution in [3.63, 3.8) is 0 Å². The predicted molar refractivity (Wildman–Crippen MR) is 36.6 cm³/mol. The molecule has 0 radical (unpaired) electrons. The third kappa shape index (κ3) is 9.08. The van der Waals surface area contributed by atoms with Crippen LogP contribution in [0.15, 0.2) is 23.3 Å². The monoisotopic (exact) mass is 195 g/mol. The first kappa shape index (κ1) is 11.1.